The summed E-state index contributed by atoms with van der Waals surface area (Å²) in [5.74, 6) is 0.798. The first-order valence-electron chi connectivity index (χ1n) is 8.47. The highest BCUT2D eigenvalue weighted by Crippen LogP contribution is 2.27. The summed E-state index contributed by atoms with van der Waals surface area (Å²) < 4.78 is 17.9. The fourth-order valence-corrected chi connectivity index (χ4v) is 3.71. The van der Waals surface area contributed by atoms with Crippen molar-refractivity contribution in [3.05, 3.63) is 63.5 Å². The highest BCUT2D eigenvalue weighted by molar-refractivity contribution is 14.1. The van der Waals surface area contributed by atoms with Crippen molar-refractivity contribution in [3.63, 3.8) is 0 Å². The van der Waals surface area contributed by atoms with Gasteiger partial charge in [-0.3, -0.25) is 9.37 Å². The summed E-state index contributed by atoms with van der Waals surface area (Å²) in [5, 5.41) is 0.574. The van der Waals surface area contributed by atoms with Crippen molar-refractivity contribution in [1.29, 1.82) is 0 Å². The molecular formula is C19H16ClFIN5. The lowest BCUT2D eigenvalue weighted by Crippen LogP contribution is -2.03. The first kappa shape index (κ1) is 18.4. The van der Waals surface area contributed by atoms with E-state index >= 15 is 0 Å². The molecule has 0 saturated carbocycles. The van der Waals surface area contributed by atoms with Gasteiger partial charge in [0.05, 0.1) is 36.8 Å². The number of halogens is 3. The monoisotopic (exact) mass is 495 g/mol. The van der Waals surface area contributed by atoms with E-state index in [1.165, 1.54) is 0 Å². The molecule has 0 unspecified atom stereocenters. The van der Waals surface area contributed by atoms with E-state index in [-0.39, 0.29) is 6.67 Å². The normalized spacial score (nSPS) is 11.4. The number of benzene rings is 1. The van der Waals surface area contributed by atoms with Gasteiger partial charge in [0, 0.05) is 28.1 Å². The smallest absolute Gasteiger partial charge is 0.142 e. The Morgan fingerprint density at radius 1 is 1.11 bits per heavy atom. The van der Waals surface area contributed by atoms with Crippen LogP contribution < -0.4 is 0 Å². The first-order chi connectivity index (χ1) is 13.2. The zero-order chi connectivity index (χ0) is 18.8. The van der Waals surface area contributed by atoms with Crippen molar-refractivity contribution in [2.45, 2.75) is 19.5 Å². The number of imidazole rings is 2. The predicted molar refractivity (Wildman–Crippen MR) is 113 cm³/mol. The van der Waals surface area contributed by atoms with Crippen LogP contribution in [0.1, 0.15) is 12.0 Å². The lowest BCUT2D eigenvalue weighted by atomic mass is 10.2. The van der Waals surface area contributed by atoms with Gasteiger partial charge in [0.1, 0.15) is 11.0 Å². The molecule has 4 rings (SSSR count). The number of hydrogen-bond acceptors (Lipinski definition) is 3. The van der Waals surface area contributed by atoms with Crippen LogP contribution in [0.3, 0.4) is 0 Å². The van der Waals surface area contributed by atoms with Gasteiger partial charge < -0.3 is 9.13 Å². The van der Waals surface area contributed by atoms with Crippen LogP contribution in [-0.4, -0.2) is 30.8 Å². The maximum atomic E-state index is 12.8. The van der Waals surface area contributed by atoms with Gasteiger partial charge in [0.25, 0.3) is 0 Å². The number of fused-ring (bicyclic) bond motifs is 1. The largest absolute Gasteiger partial charge is 0.324 e. The summed E-state index contributed by atoms with van der Waals surface area (Å²) in [6, 6.07) is 8.14. The van der Waals surface area contributed by atoms with E-state index in [2.05, 4.69) is 43.2 Å². The zero-order valence-electron chi connectivity index (χ0n) is 14.3. The minimum absolute atomic E-state index is 0.361. The number of nitrogens with zero attached hydrogens (tertiary/aromatic N) is 5. The predicted octanol–water partition coefficient (Wildman–Crippen LogP) is 4.96. The molecule has 138 valence electrons. The van der Waals surface area contributed by atoms with Crippen molar-refractivity contribution in [2.75, 3.05) is 6.67 Å². The molecule has 4 aromatic rings. The van der Waals surface area contributed by atoms with Gasteiger partial charge >= 0.3 is 0 Å². The number of rotatable bonds is 6. The molecule has 1 aromatic carbocycles. The number of aromatic nitrogens is 5. The number of pyridine rings is 1. The van der Waals surface area contributed by atoms with Crippen LogP contribution in [-0.2, 0) is 13.1 Å². The summed E-state index contributed by atoms with van der Waals surface area (Å²) in [4.78, 5) is 13.2. The zero-order valence-corrected chi connectivity index (χ0v) is 17.2. The van der Waals surface area contributed by atoms with Gasteiger partial charge in [-0.05, 0) is 58.8 Å². The maximum absolute atomic E-state index is 12.8. The van der Waals surface area contributed by atoms with Gasteiger partial charge in [-0.1, -0.05) is 11.6 Å². The molecule has 0 fully saturated rings. The SMILES string of the molecule is FCCCn1c(-c2cncc(Cn3cncc3Cl)c2)nc2ccc(I)cc21. The van der Waals surface area contributed by atoms with Crippen molar-refractivity contribution in [3.8, 4) is 11.4 Å². The van der Waals surface area contributed by atoms with Gasteiger partial charge in [-0.15, -0.1) is 0 Å². The first-order valence-corrected chi connectivity index (χ1v) is 9.93. The summed E-state index contributed by atoms with van der Waals surface area (Å²) in [6.07, 6.45) is 7.33. The minimum atomic E-state index is -0.361. The van der Waals surface area contributed by atoms with Crippen LogP contribution >= 0.6 is 34.2 Å². The van der Waals surface area contributed by atoms with Gasteiger partial charge in [-0.2, -0.15) is 0 Å². The Labute approximate surface area is 174 Å². The van der Waals surface area contributed by atoms with E-state index in [1.807, 2.05) is 22.8 Å². The molecule has 27 heavy (non-hydrogen) atoms. The Balaban J connectivity index is 1.77. The summed E-state index contributed by atoms with van der Waals surface area (Å²) in [5.41, 5.74) is 3.79. The molecule has 0 saturated heterocycles. The van der Waals surface area contributed by atoms with E-state index in [4.69, 9.17) is 16.6 Å². The summed E-state index contributed by atoms with van der Waals surface area (Å²) in [6.45, 7) is 0.780. The average Bonchev–Trinajstić information content (AvgIpc) is 3.23. The molecule has 0 aliphatic carbocycles. The summed E-state index contributed by atoms with van der Waals surface area (Å²) >= 11 is 8.40. The Kier molecular flexibility index (Phi) is 5.40. The molecule has 3 heterocycles. The molecular weight excluding hydrogens is 480 g/mol. The number of hydrogen-bond donors (Lipinski definition) is 0. The summed E-state index contributed by atoms with van der Waals surface area (Å²) in [7, 11) is 0. The average molecular weight is 496 g/mol. The Hall–Kier alpha value is -2.00. The van der Waals surface area contributed by atoms with E-state index in [0.717, 1.165) is 31.6 Å². The molecule has 0 amide bonds. The Morgan fingerprint density at radius 2 is 2.00 bits per heavy atom. The fourth-order valence-electron chi connectivity index (χ4n) is 3.07. The number of aryl methyl sites for hydroxylation is 1. The van der Waals surface area contributed by atoms with E-state index in [1.54, 1.807) is 24.9 Å². The van der Waals surface area contributed by atoms with E-state index in [0.29, 0.717) is 24.7 Å². The Morgan fingerprint density at radius 3 is 2.78 bits per heavy atom. The van der Waals surface area contributed by atoms with Crippen LogP contribution in [0.15, 0.2) is 49.2 Å². The third kappa shape index (κ3) is 3.84. The van der Waals surface area contributed by atoms with Crippen molar-refractivity contribution in [1.82, 2.24) is 24.1 Å². The molecule has 0 N–H and O–H groups in total. The highest BCUT2D eigenvalue weighted by atomic mass is 127. The Bertz CT molecular complexity index is 1090. The lowest BCUT2D eigenvalue weighted by Gasteiger charge is -2.10. The molecule has 0 bridgehead atoms. The van der Waals surface area contributed by atoms with Crippen LogP contribution in [0.2, 0.25) is 5.15 Å². The molecule has 0 spiro atoms. The van der Waals surface area contributed by atoms with Crippen LogP contribution in [0.5, 0.6) is 0 Å². The maximum Gasteiger partial charge on any atom is 0.142 e. The molecule has 5 nitrogen and oxygen atoms in total. The molecule has 8 heteroatoms. The van der Waals surface area contributed by atoms with Crippen LogP contribution in [0.4, 0.5) is 4.39 Å². The van der Waals surface area contributed by atoms with Gasteiger partial charge in [0.2, 0.25) is 0 Å². The van der Waals surface area contributed by atoms with Crippen molar-refractivity contribution < 1.29 is 4.39 Å². The third-order valence-corrected chi connectivity index (χ3v) is 5.28. The standard InChI is InChI=1S/C19H16ClFIN5/c20-18-10-24-12-26(18)11-13-6-14(9-23-8-13)19-25-16-3-2-15(22)7-17(16)27(19)5-1-4-21/h2-3,6-10,12H,1,4-5,11H2. The molecule has 3 aromatic heterocycles. The van der Waals surface area contributed by atoms with E-state index in [9.17, 15) is 4.39 Å². The quantitative estimate of drug-likeness (QED) is 0.355. The molecule has 0 radical (unpaired) electrons. The minimum Gasteiger partial charge on any atom is -0.324 e. The van der Waals surface area contributed by atoms with Gasteiger partial charge in [-0.25, -0.2) is 9.97 Å². The topological polar surface area (TPSA) is 48.5 Å². The van der Waals surface area contributed by atoms with Crippen molar-refractivity contribution in [2.24, 2.45) is 0 Å². The second-order valence-corrected chi connectivity index (χ2v) is 7.82. The lowest BCUT2D eigenvalue weighted by molar-refractivity contribution is 0.450. The molecule has 0 aliphatic rings. The third-order valence-electron chi connectivity index (χ3n) is 4.29. The highest BCUT2D eigenvalue weighted by Gasteiger charge is 2.14. The number of alkyl halides is 1. The second-order valence-electron chi connectivity index (χ2n) is 6.19. The second kappa shape index (κ2) is 7.93. The molecule has 0 atom stereocenters. The van der Waals surface area contributed by atoms with Crippen molar-refractivity contribution >= 4 is 45.2 Å². The van der Waals surface area contributed by atoms with Crippen LogP contribution in [0, 0.1) is 3.57 Å². The fraction of sp³-hybridized carbons (Fsp3) is 0.211. The van der Waals surface area contributed by atoms with Gasteiger partial charge in [0.15, 0.2) is 0 Å². The van der Waals surface area contributed by atoms with E-state index < -0.39 is 0 Å². The van der Waals surface area contributed by atoms with Crippen LogP contribution in [0.25, 0.3) is 22.4 Å². The molecule has 0 aliphatic heterocycles.